The van der Waals surface area contributed by atoms with E-state index in [-0.39, 0.29) is 16.8 Å². The van der Waals surface area contributed by atoms with E-state index in [0.717, 1.165) is 6.42 Å². The summed E-state index contributed by atoms with van der Waals surface area (Å²) in [6.45, 7) is 2.41. The predicted molar refractivity (Wildman–Crippen MR) is 60.7 cm³/mol. The van der Waals surface area contributed by atoms with Gasteiger partial charge in [0.1, 0.15) is 5.52 Å². The first kappa shape index (κ1) is 11.2. The molecular weight excluding hydrogens is 224 g/mol. The van der Waals surface area contributed by atoms with Crippen LogP contribution in [-0.4, -0.2) is 19.9 Å². The minimum absolute atomic E-state index is 0.0977. The Hall–Kier alpha value is -2.31. The smallest absolute Gasteiger partial charge is 0.267 e. The first-order valence-corrected chi connectivity index (χ1v) is 5.15. The molecule has 1 aromatic carbocycles. The second kappa shape index (κ2) is 4.28. The molecule has 0 aliphatic carbocycles. The molecule has 0 bridgehead atoms. The molecule has 0 radical (unpaired) electrons. The average molecular weight is 234 g/mol. The molecule has 0 spiro atoms. The summed E-state index contributed by atoms with van der Waals surface area (Å²) in [5.74, 6) is 0. The summed E-state index contributed by atoms with van der Waals surface area (Å²) >= 11 is 0. The van der Waals surface area contributed by atoms with E-state index in [4.69, 9.17) is 0 Å². The number of nitro groups is 1. The molecule has 1 heterocycles. The van der Waals surface area contributed by atoms with Crippen molar-refractivity contribution in [3.8, 4) is 0 Å². The van der Waals surface area contributed by atoms with E-state index in [1.165, 1.54) is 22.9 Å². The SMILES string of the molecule is CCCn1nnc2cc([N+](=O)[O-])ccc2c1=O. The molecule has 0 aliphatic heterocycles. The van der Waals surface area contributed by atoms with Crippen LogP contribution >= 0.6 is 0 Å². The summed E-state index contributed by atoms with van der Waals surface area (Å²) in [5.41, 5.74) is -0.122. The van der Waals surface area contributed by atoms with Crippen molar-refractivity contribution in [1.82, 2.24) is 15.0 Å². The van der Waals surface area contributed by atoms with Gasteiger partial charge < -0.3 is 0 Å². The lowest BCUT2D eigenvalue weighted by Crippen LogP contribution is -2.24. The molecule has 0 aliphatic rings. The highest BCUT2D eigenvalue weighted by molar-refractivity contribution is 5.79. The fraction of sp³-hybridized carbons (Fsp3) is 0.300. The topological polar surface area (TPSA) is 90.9 Å². The van der Waals surface area contributed by atoms with Crippen molar-refractivity contribution in [3.05, 3.63) is 38.7 Å². The molecule has 7 nitrogen and oxygen atoms in total. The highest BCUT2D eigenvalue weighted by Crippen LogP contribution is 2.15. The van der Waals surface area contributed by atoms with Crippen LogP contribution in [0.15, 0.2) is 23.0 Å². The van der Waals surface area contributed by atoms with Gasteiger partial charge in [0.25, 0.3) is 11.2 Å². The number of fused-ring (bicyclic) bond motifs is 1. The predicted octanol–water partition coefficient (Wildman–Crippen LogP) is 1.11. The molecule has 0 N–H and O–H groups in total. The number of nitrogens with zero attached hydrogens (tertiary/aromatic N) is 4. The molecular formula is C10H10N4O3. The molecule has 2 aromatic rings. The van der Waals surface area contributed by atoms with E-state index in [1.54, 1.807) is 0 Å². The number of nitro benzene ring substituents is 1. The Morgan fingerprint density at radius 1 is 1.47 bits per heavy atom. The number of non-ortho nitro benzene ring substituents is 1. The Morgan fingerprint density at radius 3 is 2.88 bits per heavy atom. The molecule has 0 amide bonds. The summed E-state index contributed by atoms with van der Waals surface area (Å²) < 4.78 is 1.26. The van der Waals surface area contributed by atoms with Crippen LogP contribution in [0.25, 0.3) is 10.9 Å². The van der Waals surface area contributed by atoms with Gasteiger partial charge in [-0.05, 0) is 12.5 Å². The second-order valence-electron chi connectivity index (χ2n) is 3.58. The van der Waals surface area contributed by atoms with E-state index < -0.39 is 4.92 Å². The maximum Gasteiger partial charge on any atom is 0.277 e. The standard InChI is InChI=1S/C10H10N4O3/c1-2-5-13-10(15)8-4-3-7(14(16)17)6-9(8)11-12-13/h3-4,6H,2,5H2,1H3. The van der Waals surface area contributed by atoms with Crippen molar-refractivity contribution in [2.75, 3.05) is 0 Å². The van der Waals surface area contributed by atoms with Gasteiger partial charge in [0, 0.05) is 18.7 Å². The number of hydrogen-bond donors (Lipinski definition) is 0. The Morgan fingerprint density at radius 2 is 2.24 bits per heavy atom. The van der Waals surface area contributed by atoms with Gasteiger partial charge in [0.05, 0.1) is 10.3 Å². The van der Waals surface area contributed by atoms with Crippen molar-refractivity contribution < 1.29 is 4.92 Å². The monoisotopic (exact) mass is 234 g/mol. The number of aryl methyl sites for hydroxylation is 1. The van der Waals surface area contributed by atoms with Gasteiger partial charge in [-0.3, -0.25) is 14.9 Å². The van der Waals surface area contributed by atoms with Gasteiger partial charge in [-0.25, -0.2) is 4.68 Å². The average Bonchev–Trinajstić information content (AvgIpc) is 2.32. The van der Waals surface area contributed by atoms with Crippen LogP contribution in [0.2, 0.25) is 0 Å². The molecule has 0 unspecified atom stereocenters. The highest BCUT2D eigenvalue weighted by atomic mass is 16.6. The maximum absolute atomic E-state index is 11.9. The normalized spacial score (nSPS) is 10.6. The number of rotatable bonds is 3. The summed E-state index contributed by atoms with van der Waals surface area (Å²) in [5, 5.41) is 18.5. The van der Waals surface area contributed by atoms with Crippen molar-refractivity contribution in [2.45, 2.75) is 19.9 Å². The summed E-state index contributed by atoms with van der Waals surface area (Å²) in [6, 6.07) is 3.96. The zero-order chi connectivity index (χ0) is 12.4. The lowest BCUT2D eigenvalue weighted by Gasteiger charge is -2.02. The first-order valence-electron chi connectivity index (χ1n) is 5.15. The molecule has 0 saturated carbocycles. The van der Waals surface area contributed by atoms with Crippen molar-refractivity contribution in [1.29, 1.82) is 0 Å². The molecule has 2 rings (SSSR count). The van der Waals surface area contributed by atoms with Crippen molar-refractivity contribution in [2.24, 2.45) is 0 Å². The van der Waals surface area contributed by atoms with E-state index in [1.807, 2.05) is 6.92 Å². The lowest BCUT2D eigenvalue weighted by molar-refractivity contribution is -0.384. The van der Waals surface area contributed by atoms with E-state index in [9.17, 15) is 14.9 Å². The Bertz CT molecular complexity index is 635. The van der Waals surface area contributed by atoms with Crippen molar-refractivity contribution >= 4 is 16.6 Å². The summed E-state index contributed by atoms with van der Waals surface area (Å²) in [7, 11) is 0. The third kappa shape index (κ3) is 1.99. The third-order valence-corrected chi connectivity index (χ3v) is 2.35. The molecule has 7 heteroatoms. The molecule has 88 valence electrons. The van der Waals surface area contributed by atoms with Crippen molar-refractivity contribution in [3.63, 3.8) is 0 Å². The largest absolute Gasteiger partial charge is 0.277 e. The molecule has 0 saturated heterocycles. The fourth-order valence-corrected chi connectivity index (χ4v) is 1.54. The van der Waals surface area contributed by atoms with Crippen LogP contribution in [0.3, 0.4) is 0 Å². The van der Waals surface area contributed by atoms with E-state index in [0.29, 0.717) is 11.9 Å². The first-order chi connectivity index (χ1) is 8.13. The second-order valence-corrected chi connectivity index (χ2v) is 3.58. The van der Waals surface area contributed by atoms with Gasteiger partial charge in [-0.15, -0.1) is 5.10 Å². The van der Waals surface area contributed by atoms with Gasteiger partial charge in [0.15, 0.2) is 0 Å². The van der Waals surface area contributed by atoms with Crippen LogP contribution in [0.1, 0.15) is 13.3 Å². The van der Waals surface area contributed by atoms with E-state index >= 15 is 0 Å². The minimum Gasteiger partial charge on any atom is -0.267 e. The molecule has 1 aromatic heterocycles. The van der Waals surface area contributed by atoms with Gasteiger partial charge >= 0.3 is 0 Å². The number of aromatic nitrogens is 3. The highest BCUT2D eigenvalue weighted by Gasteiger charge is 2.10. The Labute approximate surface area is 95.8 Å². The zero-order valence-corrected chi connectivity index (χ0v) is 9.16. The van der Waals surface area contributed by atoms with Crippen LogP contribution in [-0.2, 0) is 6.54 Å². The maximum atomic E-state index is 11.9. The van der Waals surface area contributed by atoms with Crippen LogP contribution in [0, 0.1) is 10.1 Å². The summed E-state index contributed by atoms with van der Waals surface area (Å²) in [4.78, 5) is 21.9. The third-order valence-electron chi connectivity index (χ3n) is 2.35. The minimum atomic E-state index is -0.529. The number of benzene rings is 1. The Balaban J connectivity index is 2.64. The van der Waals surface area contributed by atoms with Gasteiger partial charge in [-0.1, -0.05) is 12.1 Å². The number of hydrogen-bond acceptors (Lipinski definition) is 5. The van der Waals surface area contributed by atoms with Gasteiger partial charge in [0.2, 0.25) is 0 Å². The molecule has 17 heavy (non-hydrogen) atoms. The van der Waals surface area contributed by atoms with Crippen LogP contribution < -0.4 is 5.56 Å². The fourth-order valence-electron chi connectivity index (χ4n) is 1.54. The van der Waals surface area contributed by atoms with Gasteiger partial charge in [-0.2, -0.15) is 0 Å². The van der Waals surface area contributed by atoms with E-state index in [2.05, 4.69) is 10.3 Å². The van der Waals surface area contributed by atoms with Crippen LogP contribution in [0.4, 0.5) is 5.69 Å². The van der Waals surface area contributed by atoms with Crippen LogP contribution in [0.5, 0.6) is 0 Å². The molecule has 0 fully saturated rings. The Kier molecular flexibility index (Phi) is 2.82. The quantitative estimate of drug-likeness (QED) is 0.586. The molecule has 0 atom stereocenters. The summed E-state index contributed by atoms with van der Waals surface area (Å²) in [6.07, 6.45) is 0.771. The zero-order valence-electron chi connectivity index (χ0n) is 9.16. The lowest BCUT2D eigenvalue weighted by atomic mass is 10.2.